The quantitative estimate of drug-likeness (QED) is 0.926. The van der Waals surface area contributed by atoms with Crippen LogP contribution < -0.4 is 10.2 Å². The summed E-state index contributed by atoms with van der Waals surface area (Å²) in [7, 11) is 0. The molecule has 1 heterocycles. The molecule has 3 nitrogen and oxygen atoms in total. The van der Waals surface area contributed by atoms with Gasteiger partial charge in [-0.05, 0) is 24.1 Å². The van der Waals surface area contributed by atoms with E-state index in [1.54, 1.807) is 0 Å². The third-order valence-electron chi connectivity index (χ3n) is 4.10. The van der Waals surface area contributed by atoms with E-state index in [1.807, 2.05) is 30.3 Å². The van der Waals surface area contributed by atoms with Gasteiger partial charge in [0.15, 0.2) is 0 Å². The maximum atomic E-state index is 13.1. The van der Waals surface area contributed by atoms with Gasteiger partial charge in [0.1, 0.15) is 0 Å². The first-order chi connectivity index (χ1) is 11.5. The Kier molecular flexibility index (Phi) is 4.57. The number of amides is 1. The highest BCUT2D eigenvalue weighted by atomic mass is 19.4. The topological polar surface area (TPSA) is 32.3 Å². The molecule has 2 aromatic rings. The fraction of sp³-hybridized carbons (Fsp3) is 0.278. The zero-order valence-electron chi connectivity index (χ0n) is 12.9. The molecule has 1 amide bonds. The number of halogens is 3. The molecular weight excluding hydrogens is 317 g/mol. The van der Waals surface area contributed by atoms with Gasteiger partial charge in [-0.3, -0.25) is 4.79 Å². The van der Waals surface area contributed by atoms with E-state index < -0.39 is 17.8 Å². The van der Waals surface area contributed by atoms with Gasteiger partial charge >= 0.3 is 6.18 Å². The zero-order valence-corrected chi connectivity index (χ0v) is 12.9. The maximum Gasteiger partial charge on any atom is 0.418 e. The second-order valence-corrected chi connectivity index (χ2v) is 5.71. The highest BCUT2D eigenvalue weighted by molar-refractivity contribution is 6.00. The van der Waals surface area contributed by atoms with Gasteiger partial charge < -0.3 is 10.2 Å². The third-order valence-corrected chi connectivity index (χ3v) is 4.10. The van der Waals surface area contributed by atoms with Crippen LogP contribution in [0.3, 0.4) is 0 Å². The van der Waals surface area contributed by atoms with E-state index in [0.717, 1.165) is 11.6 Å². The lowest BCUT2D eigenvalue weighted by Crippen LogP contribution is -2.38. The third kappa shape index (κ3) is 3.43. The van der Waals surface area contributed by atoms with E-state index in [2.05, 4.69) is 5.32 Å². The predicted molar refractivity (Wildman–Crippen MR) is 85.5 cm³/mol. The smallest absolute Gasteiger partial charge is 0.310 e. The molecule has 1 atom stereocenters. The molecule has 1 aliphatic heterocycles. The average molecular weight is 334 g/mol. The van der Waals surface area contributed by atoms with Crippen molar-refractivity contribution in [2.75, 3.05) is 11.4 Å². The summed E-state index contributed by atoms with van der Waals surface area (Å²) in [5.41, 5.74) is 0.181. The Labute approximate surface area is 138 Å². The van der Waals surface area contributed by atoms with Crippen LogP contribution in [-0.2, 0) is 17.5 Å². The number of nitrogens with one attached hydrogen (secondary N) is 1. The lowest BCUT2D eigenvalue weighted by Gasteiger charge is -2.21. The summed E-state index contributed by atoms with van der Waals surface area (Å²) in [4.78, 5) is 13.7. The first-order valence-electron chi connectivity index (χ1n) is 7.72. The van der Waals surface area contributed by atoms with Crippen molar-refractivity contribution in [1.29, 1.82) is 0 Å². The van der Waals surface area contributed by atoms with E-state index in [0.29, 0.717) is 13.0 Å². The minimum absolute atomic E-state index is 0.0704. The van der Waals surface area contributed by atoms with Crippen LogP contribution in [-0.4, -0.2) is 18.5 Å². The molecule has 3 rings (SSSR count). The Hall–Kier alpha value is -2.34. The molecule has 1 saturated heterocycles. The number of carbonyl (C=O) groups is 1. The average Bonchev–Trinajstić information content (AvgIpc) is 2.94. The Balaban J connectivity index is 1.73. The van der Waals surface area contributed by atoms with E-state index in [1.165, 1.54) is 23.1 Å². The van der Waals surface area contributed by atoms with Gasteiger partial charge in [-0.25, -0.2) is 0 Å². The molecule has 24 heavy (non-hydrogen) atoms. The number of anilines is 1. The molecule has 6 heteroatoms. The van der Waals surface area contributed by atoms with Gasteiger partial charge in [0.25, 0.3) is 0 Å². The molecular formula is C18H17F3N2O. The number of hydrogen-bond acceptors (Lipinski definition) is 2. The molecule has 1 fully saturated rings. The van der Waals surface area contributed by atoms with Gasteiger partial charge in [-0.2, -0.15) is 13.2 Å². The number of benzene rings is 2. The van der Waals surface area contributed by atoms with E-state index in [9.17, 15) is 18.0 Å². The fourth-order valence-electron chi connectivity index (χ4n) is 2.89. The van der Waals surface area contributed by atoms with E-state index in [-0.39, 0.29) is 18.1 Å². The van der Waals surface area contributed by atoms with Crippen molar-refractivity contribution in [2.45, 2.75) is 25.2 Å². The minimum Gasteiger partial charge on any atom is -0.310 e. The van der Waals surface area contributed by atoms with Crippen molar-refractivity contribution in [3.63, 3.8) is 0 Å². The Bertz CT molecular complexity index is 716. The van der Waals surface area contributed by atoms with Crippen LogP contribution in [0.15, 0.2) is 54.6 Å². The number of hydrogen-bond donors (Lipinski definition) is 1. The SMILES string of the molecule is O=C1C(NCc2ccccc2)CCN1c1ccccc1C(F)(F)F. The van der Waals surface area contributed by atoms with Crippen LogP contribution in [0.4, 0.5) is 18.9 Å². The van der Waals surface area contributed by atoms with Crippen LogP contribution in [0.1, 0.15) is 17.5 Å². The summed E-state index contributed by atoms with van der Waals surface area (Å²) in [6.45, 7) is 0.782. The predicted octanol–water partition coefficient (Wildman–Crippen LogP) is 3.60. The second kappa shape index (κ2) is 6.65. The molecule has 1 unspecified atom stereocenters. The molecule has 2 aromatic carbocycles. The first-order valence-corrected chi connectivity index (χ1v) is 7.72. The standard InChI is InChI=1S/C18H17F3N2O/c19-18(20,21)14-8-4-5-9-16(14)23-11-10-15(17(23)24)22-12-13-6-2-1-3-7-13/h1-9,15,22H,10-12H2. The Morgan fingerprint density at radius 2 is 1.71 bits per heavy atom. The highest BCUT2D eigenvalue weighted by Crippen LogP contribution is 2.37. The highest BCUT2D eigenvalue weighted by Gasteiger charge is 2.39. The molecule has 0 spiro atoms. The fourth-order valence-corrected chi connectivity index (χ4v) is 2.89. The second-order valence-electron chi connectivity index (χ2n) is 5.71. The largest absolute Gasteiger partial charge is 0.418 e. The summed E-state index contributed by atoms with van der Waals surface area (Å²) in [6, 6.07) is 14.3. The van der Waals surface area contributed by atoms with Crippen LogP contribution in [0.2, 0.25) is 0 Å². The maximum absolute atomic E-state index is 13.1. The number of rotatable bonds is 4. The van der Waals surface area contributed by atoms with E-state index in [4.69, 9.17) is 0 Å². The molecule has 0 saturated carbocycles. The molecule has 0 bridgehead atoms. The number of para-hydroxylation sites is 1. The van der Waals surface area contributed by atoms with Crippen LogP contribution >= 0.6 is 0 Å². The lowest BCUT2D eigenvalue weighted by atomic mass is 10.1. The zero-order chi connectivity index (χ0) is 17.2. The van der Waals surface area contributed by atoms with Crippen LogP contribution in [0.25, 0.3) is 0 Å². The van der Waals surface area contributed by atoms with Crippen LogP contribution in [0.5, 0.6) is 0 Å². The van der Waals surface area contributed by atoms with Gasteiger partial charge in [0, 0.05) is 13.1 Å². The summed E-state index contributed by atoms with van der Waals surface area (Å²) in [5, 5.41) is 3.13. The van der Waals surface area contributed by atoms with Crippen molar-refractivity contribution in [3.8, 4) is 0 Å². The van der Waals surface area contributed by atoms with Gasteiger partial charge in [-0.15, -0.1) is 0 Å². The van der Waals surface area contributed by atoms with Gasteiger partial charge in [0.2, 0.25) is 5.91 Å². The molecule has 1 N–H and O–H groups in total. The molecule has 0 aromatic heterocycles. The van der Waals surface area contributed by atoms with Crippen molar-refractivity contribution < 1.29 is 18.0 Å². The van der Waals surface area contributed by atoms with Crippen molar-refractivity contribution in [1.82, 2.24) is 5.32 Å². The van der Waals surface area contributed by atoms with Crippen molar-refractivity contribution in [3.05, 3.63) is 65.7 Å². The molecule has 126 valence electrons. The molecule has 1 aliphatic rings. The number of alkyl halides is 3. The number of nitrogens with zero attached hydrogens (tertiary/aromatic N) is 1. The monoisotopic (exact) mass is 334 g/mol. The molecule has 0 aliphatic carbocycles. The van der Waals surface area contributed by atoms with Crippen molar-refractivity contribution >= 4 is 11.6 Å². The van der Waals surface area contributed by atoms with Gasteiger partial charge in [0.05, 0.1) is 17.3 Å². The van der Waals surface area contributed by atoms with Crippen LogP contribution in [0, 0.1) is 0 Å². The summed E-state index contributed by atoms with van der Waals surface area (Å²) in [6.07, 6.45) is -4.00. The summed E-state index contributed by atoms with van der Waals surface area (Å²) >= 11 is 0. The minimum atomic E-state index is -4.48. The normalized spacial score (nSPS) is 18.2. The molecule has 0 radical (unpaired) electrons. The van der Waals surface area contributed by atoms with Gasteiger partial charge in [-0.1, -0.05) is 42.5 Å². The number of carbonyl (C=O) groups excluding carboxylic acids is 1. The summed E-state index contributed by atoms with van der Waals surface area (Å²) in [5.74, 6) is -0.317. The Morgan fingerprint density at radius 3 is 2.42 bits per heavy atom. The van der Waals surface area contributed by atoms with E-state index >= 15 is 0 Å². The lowest BCUT2D eigenvalue weighted by molar-refractivity contribution is -0.137. The van der Waals surface area contributed by atoms with Crippen molar-refractivity contribution in [2.24, 2.45) is 0 Å². The summed E-state index contributed by atoms with van der Waals surface area (Å²) < 4.78 is 39.4. The first kappa shape index (κ1) is 16.5. The Morgan fingerprint density at radius 1 is 1.04 bits per heavy atom.